The molecule has 26 heavy (non-hydrogen) atoms. The fourth-order valence-electron chi connectivity index (χ4n) is 2.90. The van der Waals surface area contributed by atoms with Crippen molar-refractivity contribution >= 4 is 17.8 Å². The minimum atomic E-state index is -0.0935. The number of nitrogens with one attached hydrogen (secondary N) is 1. The van der Waals surface area contributed by atoms with Gasteiger partial charge in [-0.05, 0) is 12.0 Å². The Kier molecular flexibility index (Phi) is 5.78. The Balaban J connectivity index is 1.49. The number of piperazine rings is 1. The van der Waals surface area contributed by atoms with Crippen molar-refractivity contribution in [1.29, 1.82) is 0 Å². The number of carbonyl (C=O) groups is 2. The molecule has 0 atom stereocenters. The summed E-state index contributed by atoms with van der Waals surface area (Å²) in [5.41, 5.74) is 1.71. The van der Waals surface area contributed by atoms with E-state index in [1.54, 1.807) is 29.1 Å². The summed E-state index contributed by atoms with van der Waals surface area (Å²) in [6, 6.07) is 10.2. The van der Waals surface area contributed by atoms with E-state index in [0.29, 0.717) is 37.7 Å². The molecule has 1 fully saturated rings. The second-order valence-electron chi connectivity index (χ2n) is 6.26. The lowest BCUT2D eigenvalue weighted by Crippen LogP contribution is -2.50. The van der Waals surface area contributed by atoms with E-state index in [4.69, 9.17) is 0 Å². The summed E-state index contributed by atoms with van der Waals surface area (Å²) in [4.78, 5) is 35.8. The molecule has 1 aromatic heterocycles. The Morgan fingerprint density at radius 1 is 1.00 bits per heavy atom. The molecule has 0 spiro atoms. The van der Waals surface area contributed by atoms with Gasteiger partial charge in [0.25, 0.3) is 5.91 Å². The maximum atomic E-state index is 12.5. The average molecular weight is 353 g/mol. The molecule has 1 saturated heterocycles. The van der Waals surface area contributed by atoms with Crippen LogP contribution < -0.4 is 5.32 Å². The number of hydrogen-bond acceptors (Lipinski definition) is 5. The molecule has 1 aliphatic heterocycles. The molecule has 0 bridgehead atoms. The molecule has 2 amide bonds. The lowest BCUT2D eigenvalue weighted by atomic mass is 10.1. The first-order valence-corrected chi connectivity index (χ1v) is 8.78. The van der Waals surface area contributed by atoms with Crippen LogP contribution in [0.3, 0.4) is 0 Å². The molecule has 0 aliphatic carbocycles. The highest BCUT2D eigenvalue weighted by molar-refractivity contribution is 5.93. The second-order valence-corrected chi connectivity index (χ2v) is 6.26. The molecule has 2 heterocycles. The fourth-order valence-corrected chi connectivity index (χ4v) is 2.90. The van der Waals surface area contributed by atoms with Gasteiger partial charge in [0.2, 0.25) is 11.9 Å². The molecule has 0 unspecified atom stereocenters. The van der Waals surface area contributed by atoms with Crippen molar-refractivity contribution in [3.8, 4) is 0 Å². The maximum absolute atomic E-state index is 12.5. The number of nitrogens with zero attached hydrogens (tertiary/aromatic N) is 4. The normalized spacial score (nSPS) is 14.2. The van der Waals surface area contributed by atoms with Crippen LogP contribution in [0.1, 0.15) is 22.8 Å². The molecule has 0 radical (unpaired) electrons. The minimum Gasteiger partial charge on any atom is -0.354 e. The Bertz CT molecular complexity index is 740. The van der Waals surface area contributed by atoms with Crippen LogP contribution in [0.2, 0.25) is 0 Å². The van der Waals surface area contributed by atoms with Gasteiger partial charge in [-0.1, -0.05) is 30.3 Å². The topological polar surface area (TPSA) is 78.4 Å². The van der Waals surface area contributed by atoms with Crippen molar-refractivity contribution < 1.29 is 9.59 Å². The molecule has 7 nitrogen and oxygen atoms in total. The van der Waals surface area contributed by atoms with Crippen molar-refractivity contribution in [2.24, 2.45) is 0 Å². The van der Waals surface area contributed by atoms with Crippen LogP contribution in [-0.4, -0.2) is 64.3 Å². The Morgan fingerprint density at radius 3 is 2.23 bits per heavy atom. The van der Waals surface area contributed by atoms with E-state index >= 15 is 0 Å². The van der Waals surface area contributed by atoms with Crippen LogP contribution in [-0.2, 0) is 11.2 Å². The SMILES string of the molecule is CC(=O)N1CCN(C(=O)c2cnc(NCCc3ccccc3)nc2)CC1. The van der Waals surface area contributed by atoms with E-state index < -0.39 is 0 Å². The zero-order chi connectivity index (χ0) is 18.4. The van der Waals surface area contributed by atoms with E-state index in [1.165, 1.54) is 5.56 Å². The summed E-state index contributed by atoms with van der Waals surface area (Å²) < 4.78 is 0. The van der Waals surface area contributed by atoms with Crippen molar-refractivity contribution in [3.05, 3.63) is 53.9 Å². The molecule has 7 heteroatoms. The second kappa shape index (κ2) is 8.42. The van der Waals surface area contributed by atoms with E-state index in [2.05, 4.69) is 27.4 Å². The Morgan fingerprint density at radius 2 is 1.62 bits per heavy atom. The number of carbonyl (C=O) groups excluding carboxylic acids is 2. The fraction of sp³-hybridized carbons (Fsp3) is 0.368. The molecule has 0 saturated carbocycles. The van der Waals surface area contributed by atoms with Crippen molar-refractivity contribution in [3.63, 3.8) is 0 Å². The summed E-state index contributed by atoms with van der Waals surface area (Å²) in [6.45, 7) is 4.49. The molecule has 1 N–H and O–H groups in total. The largest absolute Gasteiger partial charge is 0.354 e. The molecular formula is C19H23N5O2. The van der Waals surface area contributed by atoms with Gasteiger partial charge >= 0.3 is 0 Å². The summed E-state index contributed by atoms with van der Waals surface area (Å²) >= 11 is 0. The average Bonchev–Trinajstić information content (AvgIpc) is 2.69. The Labute approximate surface area is 153 Å². The highest BCUT2D eigenvalue weighted by Crippen LogP contribution is 2.09. The van der Waals surface area contributed by atoms with E-state index in [-0.39, 0.29) is 11.8 Å². The summed E-state index contributed by atoms with van der Waals surface area (Å²) in [5, 5.41) is 3.17. The minimum absolute atomic E-state index is 0.0476. The van der Waals surface area contributed by atoms with Gasteiger partial charge in [-0.15, -0.1) is 0 Å². The molecule has 1 aliphatic rings. The van der Waals surface area contributed by atoms with Crippen molar-refractivity contribution in [1.82, 2.24) is 19.8 Å². The van der Waals surface area contributed by atoms with Crippen LogP contribution in [0.4, 0.5) is 5.95 Å². The van der Waals surface area contributed by atoms with E-state index in [1.807, 2.05) is 18.2 Å². The van der Waals surface area contributed by atoms with Crippen LogP contribution in [0, 0.1) is 0 Å². The smallest absolute Gasteiger partial charge is 0.257 e. The molecular weight excluding hydrogens is 330 g/mol. The quantitative estimate of drug-likeness (QED) is 0.880. The molecule has 2 aromatic rings. The third kappa shape index (κ3) is 4.56. The zero-order valence-electron chi connectivity index (χ0n) is 14.9. The molecule has 3 rings (SSSR count). The van der Waals surface area contributed by atoms with Crippen LogP contribution in [0.15, 0.2) is 42.7 Å². The van der Waals surface area contributed by atoms with Gasteiger partial charge in [0.05, 0.1) is 5.56 Å². The number of hydrogen-bond donors (Lipinski definition) is 1. The number of anilines is 1. The first kappa shape index (κ1) is 17.8. The van der Waals surface area contributed by atoms with Crippen molar-refractivity contribution in [2.75, 3.05) is 38.0 Å². The predicted molar refractivity (Wildman–Crippen MR) is 98.8 cm³/mol. The number of benzene rings is 1. The van der Waals surface area contributed by atoms with Gasteiger partial charge in [0.1, 0.15) is 0 Å². The zero-order valence-corrected chi connectivity index (χ0v) is 14.9. The van der Waals surface area contributed by atoms with Crippen LogP contribution in [0.25, 0.3) is 0 Å². The molecule has 136 valence electrons. The standard InChI is InChI=1S/C19H23N5O2/c1-15(25)23-9-11-24(12-10-23)18(26)17-13-21-19(22-14-17)20-8-7-16-5-3-2-4-6-16/h2-6,13-14H,7-12H2,1H3,(H,20,21,22). The maximum Gasteiger partial charge on any atom is 0.257 e. The summed E-state index contributed by atoms with van der Waals surface area (Å²) in [5.74, 6) is 0.467. The molecule has 1 aromatic carbocycles. The lowest BCUT2D eigenvalue weighted by Gasteiger charge is -2.34. The van der Waals surface area contributed by atoms with Gasteiger partial charge in [0.15, 0.2) is 0 Å². The van der Waals surface area contributed by atoms with Gasteiger partial charge in [-0.3, -0.25) is 9.59 Å². The number of rotatable bonds is 5. The van der Waals surface area contributed by atoms with Crippen molar-refractivity contribution in [2.45, 2.75) is 13.3 Å². The number of aromatic nitrogens is 2. The third-order valence-electron chi connectivity index (χ3n) is 4.45. The van der Waals surface area contributed by atoms with E-state index in [9.17, 15) is 9.59 Å². The van der Waals surface area contributed by atoms with Crippen LogP contribution >= 0.6 is 0 Å². The summed E-state index contributed by atoms with van der Waals surface area (Å²) in [6.07, 6.45) is 3.99. The highest BCUT2D eigenvalue weighted by atomic mass is 16.2. The highest BCUT2D eigenvalue weighted by Gasteiger charge is 2.23. The summed E-state index contributed by atoms with van der Waals surface area (Å²) in [7, 11) is 0. The van der Waals surface area contributed by atoms with Gasteiger partial charge in [-0.25, -0.2) is 9.97 Å². The van der Waals surface area contributed by atoms with Gasteiger partial charge in [-0.2, -0.15) is 0 Å². The van der Waals surface area contributed by atoms with Gasteiger partial charge in [0, 0.05) is 52.0 Å². The first-order chi connectivity index (χ1) is 12.6. The first-order valence-electron chi connectivity index (χ1n) is 8.78. The van der Waals surface area contributed by atoms with E-state index in [0.717, 1.165) is 13.0 Å². The van der Waals surface area contributed by atoms with Crippen LogP contribution in [0.5, 0.6) is 0 Å². The predicted octanol–water partition coefficient (Wildman–Crippen LogP) is 1.44. The number of amides is 2. The third-order valence-corrected chi connectivity index (χ3v) is 4.45. The van der Waals surface area contributed by atoms with Gasteiger partial charge < -0.3 is 15.1 Å². The Hall–Kier alpha value is -2.96. The monoisotopic (exact) mass is 353 g/mol. The lowest BCUT2D eigenvalue weighted by molar-refractivity contribution is -0.130.